The molecular formula is C8H10N2S. The fourth-order valence-corrected chi connectivity index (χ4v) is 1.46. The maximum Gasteiger partial charge on any atom is 0.181 e. The third kappa shape index (κ3) is 1.68. The summed E-state index contributed by atoms with van der Waals surface area (Å²) in [6, 6.07) is 0. The van der Waals surface area contributed by atoms with E-state index in [1.165, 1.54) is 11.3 Å². The SMILES string of the molecule is C=Cc1sc(N)nc1/C=C\C. The fourth-order valence-electron chi connectivity index (χ4n) is 0.785. The molecule has 0 atom stereocenters. The summed E-state index contributed by atoms with van der Waals surface area (Å²) in [6.07, 6.45) is 5.62. The number of aromatic nitrogens is 1. The van der Waals surface area contributed by atoms with Gasteiger partial charge in [-0.05, 0) is 19.1 Å². The van der Waals surface area contributed by atoms with Gasteiger partial charge in [0.15, 0.2) is 5.13 Å². The Kier molecular flexibility index (Phi) is 2.44. The summed E-state index contributed by atoms with van der Waals surface area (Å²) >= 11 is 1.45. The van der Waals surface area contributed by atoms with Crippen molar-refractivity contribution in [1.82, 2.24) is 4.98 Å². The molecule has 1 aromatic heterocycles. The molecule has 58 valence electrons. The first-order valence-electron chi connectivity index (χ1n) is 3.29. The first-order chi connectivity index (χ1) is 5.27. The molecule has 0 aliphatic heterocycles. The molecule has 0 aliphatic carbocycles. The van der Waals surface area contributed by atoms with Gasteiger partial charge in [-0.25, -0.2) is 4.98 Å². The van der Waals surface area contributed by atoms with Crippen molar-refractivity contribution in [3.63, 3.8) is 0 Å². The van der Waals surface area contributed by atoms with Gasteiger partial charge in [-0.1, -0.05) is 24.0 Å². The molecule has 3 heteroatoms. The Bertz CT molecular complexity index is 286. The summed E-state index contributed by atoms with van der Waals surface area (Å²) < 4.78 is 0. The van der Waals surface area contributed by atoms with Crippen LogP contribution in [0.4, 0.5) is 5.13 Å². The zero-order valence-electron chi connectivity index (χ0n) is 6.37. The third-order valence-corrected chi connectivity index (χ3v) is 2.10. The van der Waals surface area contributed by atoms with E-state index in [-0.39, 0.29) is 0 Å². The van der Waals surface area contributed by atoms with Gasteiger partial charge in [0.1, 0.15) is 0 Å². The van der Waals surface area contributed by atoms with Crippen molar-refractivity contribution in [3.05, 3.63) is 23.2 Å². The first kappa shape index (κ1) is 8.01. The number of nitrogens with zero attached hydrogens (tertiary/aromatic N) is 1. The van der Waals surface area contributed by atoms with Gasteiger partial charge in [0.05, 0.1) is 10.6 Å². The van der Waals surface area contributed by atoms with E-state index in [9.17, 15) is 0 Å². The molecule has 11 heavy (non-hydrogen) atoms. The Morgan fingerprint density at radius 2 is 2.36 bits per heavy atom. The smallest absolute Gasteiger partial charge is 0.181 e. The molecule has 0 aromatic carbocycles. The van der Waals surface area contributed by atoms with E-state index in [1.54, 1.807) is 6.08 Å². The fraction of sp³-hybridized carbons (Fsp3) is 0.125. The van der Waals surface area contributed by atoms with Gasteiger partial charge in [0.2, 0.25) is 0 Å². The maximum atomic E-state index is 5.51. The van der Waals surface area contributed by atoms with Crippen molar-refractivity contribution in [2.75, 3.05) is 5.73 Å². The molecule has 0 saturated carbocycles. The first-order valence-corrected chi connectivity index (χ1v) is 4.11. The Balaban J connectivity index is 3.11. The number of hydrogen-bond acceptors (Lipinski definition) is 3. The quantitative estimate of drug-likeness (QED) is 0.732. The number of thiazole rings is 1. The van der Waals surface area contributed by atoms with E-state index >= 15 is 0 Å². The predicted octanol–water partition coefficient (Wildman–Crippen LogP) is 2.40. The van der Waals surface area contributed by atoms with Gasteiger partial charge in [-0.15, -0.1) is 0 Å². The molecule has 0 bridgehead atoms. The standard InChI is InChI=1S/C8H10N2S/c1-3-5-6-7(4-2)11-8(9)10-6/h3-5H,2H2,1H3,(H2,9,10)/b5-3-. The molecule has 0 radical (unpaired) electrons. The van der Waals surface area contributed by atoms with E-state index < -0.39 is 0 Å². The van der Waals surface area contributed by atoms with Gasteiger partial charge in [0.25, 0.3) is 0 Å². The largest absolute Gasteiger partial charge is 0.375 e. The Morgan fingerprint density at radius 3 is 2.91 bits per heavy atom. The minimum atomic E-state index is 0.591. The lowest BCUT2D eigenvalue weighted by atomic mass is 10.3. The zero-order chi connectivity index (χ0) is 8.27. The highest BCUT2D eigenvalue weighted by Gasteiger charge is 2.01. The Morgan fingerprint density at radius 1 is 1.64 bits per heavy atom. The van der Waals surface area contributed by atoms with Crippen LogP contribution in [0.25, 0.3) is 12.2 Å². The van der Waals surface area contributed by atoms with E-state index in [0.29, 0.717) is 5.13 Å². The monoisotopic (exact) mass is 166 g/mol. The number of anilines is 1. The third-order valence-electron chi connectivity index (χ3n) is 1.21. The van der Waals surface area contributed by atoms with Crippen LogP contribution in [-0.2, 0) is 0 Å². The van der Waals surface area contributed by atoms with Crippen LogP contribution >= 0.6 is 11.3 Å². The molecular weight excluding hydrogens is 156 g/mol. The summed E-state index contributed by atoms with van der Waals surface area (Å²) in [4.78, 5) is 5.14. The molecule has 1 aromatic rings. The molecule has 0 saturated heterocycles. The van der Waals surface area contributed by atoms with E-state index in [4.69, 9.17) is 5.73 Å². The van der Waals surface area contributed by atoms with Crippen molar-refractivity contribution in [1.29, 1.82) is 0 Å². The summed E-state index contributed by atoms with van der Waals surface area (Å²) in [5, 5.41) is 0.591. The minimum Gasteiger partial charge on any atom is -0.375 e. The average Bonchev–Trinajstić information content (AvgIpc) is 2.32. The van der Waals surface area contributed by atoms with Crippen molar-refractivity contribution < 1.29 is 0 Å². The van der Waals surface area contributed by atoms with Crippen molar-refractivity contribution in [2.24, 2.45) is 0 Å². The van der Waals surface area contributed by atoms with Gasteiger partial charge in [-0.3, -0.25) is 0 Å². The molecule has 0 fully saturated rings. The molecule has 1 rings (SSSR count). The van der Waals surface area contributed by atoms with Gasteiger partial charge in [0, 0.05) is 0 Å². The normalized spacial score (nSPS) is 10.6. The van der Waals surface area contributed by atoms with Crippen LogP contribution in [0.3, 0.4) is 0 Å². The van der Waals surface area contributed by atoms with Crippen LogP contribution in [-0.4, -0.2) is 4.98 Å². The zero-order valence-corrected chi connectivity index (χ0v) is 7.19. The number of rotatable bonds is 2. The molecule has 0 aliphatic rings. The maximum absolute atomic E-state index is 5.51. The van der Waals surface area contributed by atoms with Crippen molar-refractivity contribution in [3.8, 4) is 0 Å². The summed E-state index contributed by atoms with van der Waals surface area (Å²) in [6.45, 7) is 5.61. The number of nitrogen functional groups attached to an aromatic ring is 1. The summed E-state index contributed by atoms with van der Waals surface area (Å²) in [5.74, 6) is 0. The van der Waals surface area contributed by atoms with Crippen LogP contribution in [0, 0.1) is 0 Å². The van der Waals surface area contributed by atoms with Crippen molar-refractivity contribution in [2.45, 2.75) is 6.92 Å². The van der Waals surface area contributed by atoms with Crippen LogP contribution in [0.15, 0.2) is 12.7 Å². The second-order valence-electron chi connectivity index (χ2n) is 2.01. The van der Waals surface area contributed by atoms with Gasteiger partial charge < -0.3 is 5.73 Å². The highest BCUT2D eigenvalue weighted by atomic mass is 32.1. The van der Waals surface area contributed by atoms with E-state index in [1.807, 2.05) is 19.1 Å². The molecule has 2 N–H and O–H groups in total. The molecule has 2 nitrogen and oxygen atoms in total. The molecule has 1 heterocycles. The second kappa shape index (κ2) is 3.34. The number of nitrogens with two attached hydrogens (primary N) is 1. The topological polar surface area (TPSA) is 38.9 Å². The van der Waals surface area contributed by atoms with E-state index in [2.05, 4.69) is 11.6 Å². The second-order valence-corrected chi connectivity index (χ2v) is 3.07. The minimum absolute atomic E-state index is 0.591. The molecule has 0 unspecified atom stereocenters. The highest BCUT2D eigenvalue weighted by Crippen LogP contribution is 2.22. The van der Waals surface area contributed by atoms with Crippen molar-refractivity contribution >= 4 is 28.6 Å². The highest BCUT2D eigenvalue weighted by molar-refractivity contribution is 7.16. The average molecular weight is 166 g/mol. The molecule has 0 amide bonds. The summed E-state index contributed by atoms with van der Waals surface area (Å²) in [5.41, 5.74) is 6.42. The van der Waals surface area contributed by atoms with E-state index in [0.717, 1.165) is 10.6 Å². The lowest BCUT2D eigenvalue weighted by Gasteiger charge is -1.84. The lowest BCUT2D eigenvalue weighted by molar-refractivity contribution is 1.38. The Labute approximate surface area is 70.1 Å². The van der Waals surface area contributed by atoms with Gasteiger partial charge >= 0.3 is 0 Å². The number of hydrogen-bond donors (Lipinski definition) is 1. The van der Waals surface area contributed by atoms with Crippen LogP contribution in [0.5, 0.6) is 0 Å². The number of allylic oxidation sites excluding steroid dienone is 1. The van der Waals surface area contributed by atoms with Gasteiger partial charge in [-0.2, -0.15) is 0 Å². The Hall–Kier alpha value is -1.09. The lowest BCUT2D eigenvalue weighted by Crippen LogP contribution is -1.81. The van der Waals surface area contributed by atoms with Crippen LogP contribution in [0.1, 0.15) is 17.5 Å². The predicted molar refractivity (Wildman–Crippen MR) is 51.3 cm³/mol. The molecule has 0 spiro atoms. The van der Waals surface area contributed by atoms with Crippen LogP contribution < -0.4 is 5.73 Å². The van der Waals surface area contributed by atoms with Crippen LogP contribution in [0.2, 0.25) is 0 Å². The summed E-state index contributed by atoms with van der Waals surface area (Å²) in [7, 11) is 0.